The first kappa shape index (κ1) is 30.1. The number of benzene rings is 1. The first-order chi connectivity index (χ1) is 18.6. The molecule has 0 N–H and O–H groups in total. The van der Waals surface area contributed by atoms with Gasteiger partial charge in [0.15, 0.2) is 0 Å². The van der Waals surface area contributed by atoms with Gasteiger partial charge in [0.05, 0.1) is 11.4 Å². The molecule has 2 heterocycles. The van der Waals surface area contributed by atoms with Crippen LogP contribution < -0.4 is 0 Å². The highest BCUT2D eigenvalue weighted by molar-refractivity contribution is 5.86. The van der Waals surface area contributed by atoms with Crippen LogP contribution in [-0.4, -0.2) is 40.0 Å². The quantitative estimate of drug-likeness (QED) is 0.127. The van der Waals surface area contributed by atoms with Crippen molar-refractivity contribution < 1.29 is 0 Å². The Morgan fingerprint density at radius 2 is 1.87 bits per heavy atom. The van der Waals surface area contributed by atoms with E-state index >= 15 is 0 Å². The number of aryl methyl sites for hydroxylation is 2. The first-order valence-corrected chi connectivity index (χ1v) is 14.1. The van der Waals surface area contributed by atoms with Gasteiger partial charge in [-0.15, -0.1) is 0 Å². The summed E-state index contributed by atoms with van der Waals surface area (Å²) in [6.45, 7) is 23.9. The molecule has 39 heavy (non-hydrogen) atoms. The Morgan fingerprint density at radius 1 is 1.18 bits per heavy atom. The zero-order valence-corrected chi connectivity index (χ0v) is 25.0. The fraction of sp³-hybridized carbons (Fsp3) is 0.500. The number of hydrogen-bond acceptors (Lipinski definition) is 4. The highest BCUT2D eigenvalue weighted by Gasteiger charge is 2.25. The van der Waals surface area contributed by atoms with E-state index in [-0.39, 0.29) is 0 Å². The number of aromatic nitrogens is 2. The van der Waals surface area contributed by atoms with Crippen molar-refractivity contribution in [1.82, 2.24) is 14.7 Å². The van der Waals surface area contributed by atoms with E-state index in [0.717, 1.165) is 79.3 Å². The maximum Gasteiger partial charge on any atom is 0.0909 e. The number of azide groups is 1. The van der Waals surface area contributed by atoms with Gasteiger partial charge in [-0.3, -0.25) is 14.6 Å². The Bertz CT molecular complexity index is 1310. The second kappa shape index (κ2) is 13.6. The molecule has 7 heteroatoms. The highest BCUT2D eigenvalue weighted by Crippen LogP contribution is 2.36. The van der Waals surface area contributed by atoms with Crippen molar-refractivity contribution in [3.8, 4) is 0 Å². The lowest BCUT2D eigenvalue weighted by Crippen LogP contribution is -2.36. The van der Waals surface area contributed by atoms with Crippen LogP contribution in [0.15, 0.2) is 53.2 Å². The summed E-state index contributed by atoms with van der Waals surface area (Å²) in [4.78, 5) is 10.6. The lowest BCUT2D eigenvalue weighted by molar-refractivity contribution is 0.238. The van der Waals surface area contributed by atoms with Crippen LogP contribution >= 0.6 is 0 Å². The summed E-state index contributed by atoms with van der Waals surface area (Å²) in [7, 11) is 1.97. The molecule has 0 amide bonds. The summed E-state index contributed by atoms with van der Waals surface area (Å²) in [5.74, 6) is 0.736. The second-order valence-electron chi connectivity index (χ2n) is 11.1. The number of likely N-dealkylation sites (tertiary alicyclic amines) is 1. The summed E-state index contributed by atoms with van der Waals surface area (Å²) in [5, 5.41) is 8.65. The molecule has 2 aromatic rings. The zero-order valence-electron chi connectivity index (χ0n) is 25.0. The molecule has 7 nitrogen and oxygen atoms in total. The molecule has 0 atom stereocenters. The number of allylic oxidation sites excluding steroid dienone is 3. The second-order valence-corrected chi connectivity index (χ2v) is 11.1. The molecule has 1 saturated heterocycles. The minimum Gasteiger partial charge on any atom is -0.298 e. The summed E-state index contributed by atoms with van der Waals surface area (Å²) in [6, 6.07) is 8.59. The van der Waals surface area contributed by atoms with Crippen LogP contribution in [0.2, 0.25) is 0 Å². The molecule has 1 aliphatic rings. The topological polar surface area (TPSA) is 82.2 Å². The van der Waals surface area contributed by atoms with Crippen molar-refractivity contribution in [1.29, 1.82) is 0 Å². The molecular weight excluding hydrogens is 482 g/mol. The predicted octanol–water partition coefficient (Wildman–Crippen LogP) is 8.41. The van der Waals surface area contributed by atoms with Gasteiger partial charge in [0.2, 0.25) is 0 Å². The molecule has 0 aliphatic carbocycles. The van der Waals surface area contributed by atoms with Crippen LogP contribution in [0.25, 0.3) is 27.3 Å². The van der Waals surface area contributed by atoms with Crippen molar-refractivity contribution in [3.05, 3.63) is 81.6 Å². The fourth-order valence-electron chi connectivity index (χ4n) is 5.90. The molecule has 3 rings (SSSR count). The third kappa shape index (κ3) is 7.37. The van der Waals surface area contributed by atoms with Gasteiger partial charge < -0.3 is 0 Å². The molecule has 0 unspecified atom stereocenters. The molecule has 1 aromatic carbocycles. The van der Waals surface area contributed by atoms with Crippen molar-refractivity contribution in [3.63, 3.8) is 0 Å². The summed E-state index contributed by atoms with van der Waals surface area (Å²) < 4.78 is 1.90. The standard InChI is InChI=1S/C32H45N7/c1-10-12-27-13-11-14-28(32(27)25(8)35-37-33)26-15-17-39(18-16-26)20-23(6)34-24(7)31(22(4)5)29-19-30(21(2)3)38(9)36-29/h11,13-14,19,22,26H,2,8,10,12,15-18,20H2,1,3-7,9H3/b31-24+,34-23+. The van der Waals surface area contributed by atoms with E-state index in [0.29, 0.717) is 17.5 Å². The van der Waals surface area contributed by atoms with Crippen LogP contribution in [-0.2, 0) is 13.5 Å². The Balaban J connectivity index is 1.75. The number of nitrogens with zero attached hydrogens (tertiary/aromatic N) is 7. The Morgan fingerprint density at radius 3 is 2.44 bits per heavy atom. The van der Waals surface area contributed by atoms with Crippen molar-refractivity contribution in [2.24, 2.45) is 23.1 Å². The van der Waals surface area contributed by atoms with Gasteiger partial charge >= 0.3 is 0 Å². The van der Waals surface area contributed by atoms with Crippen LogP contribution in [0.3, 0.4) is 0 Å². The first-order valence-electron chi connectivity index (χ1n) is 14.1. The van der Waals surface area contributed by atoms with E-state index in [1.807, 2.05) is 18.7 Å². The average molecular weight is 528 g/mol. The van der Waals surface area contributed by atoms with Crippen molar-refractivity contribution in [2.75, 3.05) is 19.6 Å². The Hall–Kier alpha value is -3.41. The molecular formula is C32H45N7. The van der Waals surface area contributed by atoms with Gasteiger partial charge in [0.1, 0.15) is 0 Å². The van der Waals surface area contributed by atoms with Crippen LogP contribution in [0, 0.1) is 5.92 Å². The molecule has 1 aromatic heterocycles. The van der Waals surface area contributed by atoms with E-state index in [1.165, 1.54) is 16.7 Å². The zero-order chi connectivity index (χ0) is 28.7. The fourth-order valence-corrected chi connectivity index (χ4v) is 5.90. The molecule has 208 valence electrons. The van der Waals surface area contributed by atoms with Gasteiger partial charge in [-0.1, -0.05) is 63.7 Å². The third-order valence-corrected chi connectivity index (χ3v) is 7.55. The van der Waals surface area contributed by atoms with Crippen molar-refractivity contribution in [2.45, 2.75) is 73.1 Å². The molecule has 0 saturated carbocycles. The number of piperidine rings is 1. The smallest absolute Gasteiger partial charge is 0.0909 e. The highest BCUT2D eigenvalue weighted by atomic mass is 15.3. The number of hydrogen-bond donors (Lipinski definition) is 0. The van der Waals surface area contributed by atoms with Crippen LogP contribution in [0.4, 0.5) is 0 Å². The molecule has 1 aliphatic heterocycles. The Kier molecular flexibility index (Phi) is 10.5. The number of rotatable bonds is 11. The minimum absolute atomic E-state index is 0.308. The molecule has 1 fully saturated rings. The molecule has 0 bridgehead atoms. The van der Waals surface area contributed by atoms with E-state index in [1.54, 1.807) is 0 Å². The van der Waals surface area contributed by atoms with Gasteiger partial charge in [-0.05, 0) is 98.8 Å². The lowest BCUT2D eigenvalue weighted by atomic mass is 9.83. The maximum absolute atomic E-state index is 9.03. The van der Waals surface area contributed by atoms with E-state index < -0.39 is 0 Å². The van der Waals surface area contributed by atoms with E-state index in [4.69, 9.17) is 15.6 Å². The Labute approximate surface area is 234 Å². The minimum atomic E-state index is 0.308. The largest absolute Gasteiger partial charge is 0.298 e. The average Bonchev–Trinajstić information content (AvgIpc) is 3.25. The summed E-state index contributed by atoms with van der Waals surface area (Å²) in [5.41, 5.74) is 19.5. The van der Waals surface area contributed by atoms with Gasteiger partial charge in [-0.2, -0.15) is 5.10 Å². The molecule has 0 radical (unpaired) electrons. The van der Waals surface area contributed by atoms with Gasteiger partial charge in [-0.25, -0.2) is 0 Å². The summed E-state index contributed by atoms with van der Waals surface area (Å²) >= 11 is 0. The third-order valence-electron chi connectivity index (χ3n) is 7.55. The van der Waals surface area contributed by atoms with Crippen LogP contribution in [0.1, 0.15) is 94.8 Å². The van der Waals surface area contributed by atoms with E-state index in [9.17, 15) is 0 Å². The normalized spacial score (nSPS) is 15.7. The number of aliphatic imine (C=N–C) groups is 1. The molecule has 0 spiro atoms. The predicted molar refractivity (Wildman–Crippen MR) is 165 cm³/mol. The lowest BCUT2D eigenvalue weighted by Gasteiger charge is -2.33. The van der Waals surface area contributed by atoms with Gasteiger partial charge in [0.25, 0.3) is 0 Å². The SMILES string of the molecule is C=C(N=[N+]=[N-])c1c(CCC)cccc1C1CCN(C/C(C)=N/C(C)=C(/c2cc(C(=C)C)n(C)n2)C(C)C)CC1. The van der Waals surface area contributed by atoms with Crippen molar-refractivity contribution >= 4 is 22.6 Å². The van der Waals surface area contributed by atoms with E-state index in [2.05, 4.69) is 87.0 Å². The van der Waals surface area contributed by atoms with Crippen LogP contribution in [0.5, 0.6) is 0 Å². The monoisotopic (exact) mass is 527 g/mol. The summed E-state index contributed by atoms with van der Waals surface area (Å²) in [6.07, 6.45) is 4.11. The maximum atomic E-state index is 9.03. The van der Waals surface area contributed by atoms with Gasteiger partial charge in [0, 0.05) is 41.2 Å².